The van der Waals surface area contributed by atoms with Gasteiger partial charge in [0.1, 0.15) is 0 Å². The lowest BCUT2D eigenvalue weighted by Gasteiger charge is -2.25. The van der Waals surface area contributed by atoms with Crippen LogP contribution in [0.15, 0.2) is 23.2 Å². The lowest BCUT2D eigenvalue weighted by Crippen LogP contribution is -2.30. The second kappa shape index (κ2) is 4.29. The van der Waals surface area contributed by atoms with E-state index in [0.717, 1.165) is 18.9 Å². The molecule has 0 unspecified atom stereocenters. The molecule has 2 N–H and O–H groups in total. The minimum absolute atomic E-state index is 0.0149. The van der Waals surface area contributed by atoms with Gasteiger partial charge in [-0.05, 0) is 19.1 Å². The van der Waals surface area contributed by atoms with Crippen LogP contribution in [-0.4, -0.2) is 23.4 Å². The predicted octanol–water partition coefficient (Wildman–Crippen LogP) is 1.59. The Kier molecular flexibility index (Phi) is 3.05. The zero-order valence-corrected chi connectivity index (χ0v) is 8.96. The van der Waals surface area contributed by atoms with Crippen molar-refractivity contribution in [3.05, 3.63) is 24.0 Å². The van der Waals surface area contributed by atoms with Crippen LogP contribution in [0.25, 0.3) is 0 Å². The molecule has 0 radical (unpaired) electrons. The third-order valence-corrected chi connectivity index (χ3v) is 3.26. The van der Waals surface area contributed by atoms with E-state index in [4.69, 9.17) is 10.5 Å². The van der Waals surface area contributed by atoms with E-state index in [-0.39, 0.29) is 6.04 Å². The fourth-order valence-electron chi connectivity index (χ4n) is 1.21. The van der Waals surface area contributed by atoms with Gasteiger partial charge in [-0.15, -0.1) is 11.8 Å². The molecular weight excluding hydrogens is 196 g/mol. The van der Waals surface area contributed by atoms with Gasteiger partial charge in [-0.1, -0.05) is 0 Å². The Balaban J connectivity index is 1.98. The molecule has 3 nitrogen and oxygen atoms in total. The van der Waals surface area contributed by atoms with E-state index >= 15 is 0 Å². The highest BCUT2D eigenvalue weighted by Gasteiger charge is 2.19. The monoisotopic (exact) mass is 210 g/mol. The predicted molar refractivity (Wildman–Crippen MR) is 57.3 cm³/mol. The molecule has 2 rings (SSSR count). The summed E-state index contributed by atoms with van der Waals surface area (Å²) in [4.78, 5) is 5.50. The minimum Gasteiger partial charge on any atom is -0.379 e. The van der Waals surface area contributed by atoms with Crippen LogP contribution in [0.4, 0.5) is 0 Å². The van der Waals surface area contributed by atoms with Gasteiger partial charge in [-0.25, -0.2) is 0 Å². The van der Waals surface area contributed by atoms with Crippen molar-refractivity contribution in [3.63, 3.8) is 0 Å². The molecule has 0 aromatic carbocycles. The molecule has 0 bridgehead atoms. The Morgan fingerprint density at radius 1 is 1.57 bits per heavy atom. The molecule has 1 aliphatic heterocycles. The quantitative estimate of drug-likeness (QED) is 0.823. The SMILES string of the molecule is C[C@@H](N)c1ccc(SC2COC2)cn1. The van der Waals surface area contributed by atoms with Crippen LogP contribution in [0.3, 0.4) is 0 Å². The number of hydrogen-bond acceptors (Lipinski definition) is 4. The summed E-state index contributed by atoms with van der Waals surface area (Å²) >= 11 is 1.82. The molecule has 1 aromatic rings. The normalized spacial score (nSPS) is 19.0. The van der Waals surface area contributed by atoms with Crippen LogP contribution in [0, 0.1) is 0 Å². The molecule has 0 spiro atoms. The molecule has 76 valence electrons. The lowest BCUT2D eigenvalue weighted by molar-refractivity contribution is 0.0455. The van der Waals surface area contributed by atoms with E-state index in [1.807, 2.05) is 30.9 Å². The van der Waals surface area contributed by atoms with Gasteiger partial charge in [0.05, 0.1) is 24.2 Å². The Bertz CT molecular complexity index is 295. The van der Waals surface area contributed by atoms with E-state index < -0.39 is 0 Å². The van der Waals surface area contributed by atoms with E-state index in [1.54, 1.807) is 0 Å². The number of thioether (sulfide) groups is 1. The van der Waals surface area contributed by atoms with Gasteiger partial charge in [-0.3, -0.25) is 4.98 Å². The van der Waals surface area contributed by atoms with Gasteiger partial charge in [-0.2, -0.15) is 0 Å². The molecular formula is C10H14N2OS. The van der Waals surface area contributed by atoms with E-state index in [1.165, 1.54) is 4.90 Å². The van der Waals surface area contributed by atoms with Crippen molar-refractivity contribution in [1.82, 2.24) is 4.98 Å². The standard InChI is InChI=1S/C10H14N2OS/c1-7(11)10-3-2-8(4-12-10)14-9-5-13-6-9/h2-4,7,9H,5-6,11H2,1H3/t7-/m1/s1. The first-order valence-corrected chi connectivity index (χ1v) is 5.59. The Labute approximate surface area is 88.0 Å². The number of pyridine rings is 1. The summed E-state index contributed by atoms with van der Waals surface area (Å²) in [5.41, 5.74) is 6.66. The van der Waals surface area contributed by atoms with Crippen LogP contribution in [0.5, 0.6) is 0 Å². The number of rotatable bonds is 3. The smallest absolute Gasteiger partial charge is 0.0611 e. The first-order valence-electron chi connectivity index (χ1n) is 4.71. The maximum atomic E-state index is 5.71. The lowest BCUT2D eigenvalue weighted by atomic mass is 10.2. The third-order valence-electron chi connectivity index (χ3n) is 2.14. The molecule has 4 heteroatoms. The summed E-state index contributed by atoms with van der Waals surface area (Å²) in [6.07, 6.45) is 1.89. The fraction of sp³-hybridized carbons (Fsp3) is 0.500. The molecule has 1 saturated heterocycles. The zero-order chi connectivity index (χ0) is 9.97. The Hall–Kier alpha value is -0.580. The fourth-order valence-corrected chi connectivity index (χ4v) is 2.18. The summed E-state index contributed by atoms with van der Waals surface area (Å²) in [5, 5.41) is 0.609. The summed E-state index contributed by atoms with van der Waals surface area (Å²) < 4.78 is 5.11. The van der Waals surface area contributed by atoms with E-state index in [2.05, 4.69) is 11.1 Å². The van der Waals surface area contributed by atoms with Gasteiger partial charge in [0.15, 0.2) is 0 Å². The first-order chi connectivity index (χ1) is 6.75. The van der Waals surface area contributed by atoms with E-state index in [0.29, 0.717) is 5.25 Å². The van der Waals surface area contributed by atoms with E-state index in [9.17, 15) is 0 Å². The largest absolute Gasteiger partial charge is 0.379 e. The van der Waals surface area contributed by atoms with Crippen molar-refractivity contribution in [3.8, 4) is 0 Å². The highest BCUT2D eigenvalue weighted by Crippen LogP contribution is 2.27. The maximum absolute atomic E-state index is 5.71. The van der Waals surface area contributed by atoms with Crippen molar-refractivity contribution in [2.45, 2.75) is 23.1 Å². The molecule has 0 amide bonds. The van der Waals surface area contributed by atoms with Crippen LogP contribution in [0.1, 0.15) is 18.7 Å². The average molecular weight is 210 g/mol. The Morgan fingerprint density at radius 3 is 2.79 bits per heavy atom. The van der Waals surface area contributed by atoms with Crippen molar-refractivity contribution < 1.29 is 4.74 Å². The van der Waals surface area contributed by atoms with Crippen molar-refractivity contribution >= 4 is 11.8 Å². The van der Waals surface area contributed by atoms with Crippen molar-refractivity contribution in [2.24, 2.45) is 5.73 Å². The van der Waals surface area contributed by atoms with Crippen LogP contribution in [0.2, 0.25) is 0 Å². The number of nitrogens with two attached hydrogens (primary N) is 1. The molecule has 14 heavy (non-hydrogen) atoms. The van der Waals surface area contributed by atoms with Crippen LogP contribution in [-0.2, 0) is 4.74 Å². The third kappa shape index (κ3) is 2.26. The number of nitrogens with zero attached hydrogens (tertiary/aromatic N) is 1. The summed E-state index contributed by atoms with van der Waals surface area (Å²) in [6, 6.07) is 4.09. The van der Waals surface area contributed by atoms with Crippen molar-refractivity contribution in [1.29, 1.82) is 0 Å². The number of ether oxygens (including phenoxy) is 1. The van der Waals surface area contributed by atoms with Gasteiger partial charge in [0.2, 0.25) is 0 Å². The molecule has 1 atom stereocenters. The number of aromatic nitrogens is 1. The zero-order valence-electron chi connectivity index (χ0n) is 8.14. The van der Waals surface area contributed by atoms with Crippen LogP contribution >= 0.6 is 11.8 Å². The second-order valence-corrected chi connectivity index (χ2v) is 4.86. The second-order valence-electron chi connectivity index (χ2n) is 3.48. The highest BCUT2D eigenvalue weighted by atomic mass is 32.2. The topological polar surface area (TPSA) is 48.1 Å². The van der Waals surface area contributed by atoms with Gasteiger partial charge >= 0.3 is 0 Å². The molecule has 0 aliphatic carbocycles. The molecule has 1 aromatic heterocycles. The molecule has 0 saturated carbocycles. The van der Waals surface area contributed by atoms with Gasteiger partial charge in [0, 0.05) is 17.1 Å². The number of hydrogen-bond donors (Lipinski definition) is 1. The highest BCUT2D eigenvalue weighted by molar-refractivity contribution is 8.00. The first kappa shape index (κ1) is 9.96. The summed E-state index contributed by atoms with van der Waals surface area (Å²) in [7, 11) is 0. The maximum Gasteiger partial charge on any atom is 0.0611 e. The van der Waals surface area contributed by atoms with Gasteiger partial charge < -0.3 is 10.5 Å². The minimum atomic E-state index is 0.0149. The van der Waals surface area contributed by atoms with Crippen molar-refractivity contribution in [2.75, 3.05) is 13.2 Å². The Morgan fingerprint density at radius 2 is 2.36 bits per heavy atom. The summed E-state index contributed by atoms with van der Waals surface area (Å²) in [6.45, 7) is 3.66. The van der Waals surface area contributed by atoms with Gasteiger partial charge in [0.25, 0.3) is 0 Å². The summed E-state index contributed by atoms with van der Waals surface area (Å²) in [5.74, 6) is 0. The molecule has 1 fully saturated rings. The molecule has 1 aliphatic rings. The van der Waals surface area contributed by atoms with Crippen LogP contribution < -0.4 is 5.73 Å². The molecule has 2 heterocycles. The average Bonchev–Trinajstić information content (AvgIpc) is 2.12.